The summed E-state index contributed by atoms with van der Waals surface area (Å²) < 4.78 is 14.3. The van der Waals surface area contributed by atoms with E-state index in [1.807, 2.05) is 109 Å². The van der Waals surface area contributed by atoms with Crippen molar-refractivity contribution in [2.24, 2.45) is 0 Å². The molecule has 10 rings (SSSR count). The molecular formula is C41H23N3O3S. The van der Waals surface area contributed by atoms with Gasteiger partial charge in [0.05, 0.1) is 10.6 Å². The minimum Gasteiger partial charge on any atom is -0.456 e. The van der Waals surface area contributed by atoms with Gasteiger partial charge in [-0.15, -0.1) is 0 Å². The summed E-state index contributed by atoms with van der Waals surface area (Å²) in [6.45, 7) is 0. The molecule has 0 bridgehead atoms. The molecule has 6 nitrogen and oxygen atoms in total. The molecule has 48 heavy (non-hydrogen) atoms. The first-order valence-corrected chi connectivity index (χ1v) is 16.4. The zero-order valence-electron chi connectivity index (χ0n) is 25.3. The van der Waals surface area contributed by atoms with Gasteiger partial charge in [0, 0.05) is 38.2 Å². The third-order valence-electron chi connectivity index (χ3n) is 8.95. The number of aromatic nitrogens is 3. The molecule has 4 aromatic heterocycles. The number of fused-ring (bicyclic) bond motifs is 7. The van der Waals surface area contributed by atoms with E-state index in [2.05, 4.69) is 35.3 Å². The summed E-state index contributed by atoms with van der Waals surface area (Å²) in [6, 6.07) is 46.4. The maximum absolute atomic E-state index is 13.8. The van der Waals surface area contributed by atoms with E-state index in [1.54, 1.807) is 4.40 Å². The van der Waals surface area contributed by atoms with Crippen molar-refractivity contribution in [2.75, 3.05) is 0 Å². The van der Waals surface area contributed by atoms with Gasteiger partial charge in [-0.3, -0.25) is 0 Å². The first kappa shape index (κ1) is 26.9. The topological polar surface area (TPSA) is 73.5 Å². The number of hydrogen-bond acceptors (Lipinski definition) is 6. The van der Waals surface area contributed by atoms with Crippen LogP contribution in [0.15, 0.2) is 153 Å². The van der Waals surface area contributed by atoms with Gasteiger partial charge in [-0.1, -0.05) is 121 Å². The van der Waals surface area contributed by atoms with Gasteiger partial charge < -0.3 is 8.83 Å². The lowest BCUT2D eigenvalue weighted by Crippen LogP contribution is -2.19. The van der Waals surface area contributed by atoms with Gasteiger partial charge in [0.25, 0.3) is 0 Å². The number of para-hydroxylation sites is 1. The smallest absolute Gasteiger partial charge is 0.356 e. The molecule has 0 spiro atoms. The number of hydrogen-bond donors (Lipinski definition) is 0. The van der Waals surface area contributed by atoms with Crippen LogP contribution in [0.1, 0.15) is 0 Å². The van der Waals surface area contributed by atoms with Gasteiger partial charge >= 0.3 is 5.69 Å². The van der Waals surface area contributed by atoms with Crippen molar-refractivity contribution < 1.29 is 8.83 Å². The second kappa shape index (κ2) is 10.4. The van der Waals surface area contributed by atoms with Gasteiger partial charge in [-0.05, 0) is 41.5 Å². The van der Waals surface area contributed by atoms with Crippen LogP contribution in [0.4, 0.5) is 0 Å². The van der Waals surface area contributed by atoms with E-state index in [0.717, 1.165) is 82.3 Å². The minimum atomic E-state index is -0.368. The van der Waals surface area contributed by atoms with Crippen molar-refractivity contribution in [1.29, 1.82) is 0 Å². The fourth-order valence-corrected chi connectivity index (χ4v) is 8.00. The normalized spacial score (nSPS) is 11.8. The fraction of sp³-hybridized carbons (Fsp3) is 0. The Hall–Kier alpha value is -6.31. The average molecular weight is 638 g/mol. The Bertz CT molecular complexity index is 2920. The zero-order valence-corrected chi connectivity index (χ0v) is 26.1. The average Bonchev–Trinajstić information content (AvgIpc) is 3.83. The molecule has 6 aromatic carbocycles. The third-order valence-corrected chi connectivity index (χ3v) is 10.0. The lowest BCUT2D eigenvalue weighted by atomic mass is 9.96. The molecule has 0 aliphatic carbocycles. The number of nitrogens with zero attached hydrogens (tertiary/aromatic N) is 3. The number of furan rings is 2. The molecule has 0 fully saturated rings. The summed E-state index contributed by atoms with van der Waals surface area (Å²) in [4.78, 5) is 24.6. The van der Waals surface area contributed by atoms with Crippen LogP contribution in [-0.2, 0) is 0 Å². The largest absolute Gasteiger partial charge is 0.456 e. The molecule has 0 atom stereocenters. The van der Waals surface area contributed by atoms with Gasteiger partial charge in [0.15, 0.2) is 5.82 Å². The van der Waals surface area contributed by atoms with Gasteiger partial charge in [-0.2, -0.15) is 9.97 Å². The second-order valence-corrected chi connectivity index (χ2v) is 12.7. The molecule has 4 heterocycles. The highest BCUT2D eigenvalue weighted by molar-refractivity contribution is 7.21. The number of thiazole rings is 1. The Kier molecular flexibility index (Phi) is 5.79. The Morgan fingerprint density at radius 3 is 1.92 bits per heavy atom. The lowest BCUT2D eigenvalue weighted by Gasteiger charge is -2.08. The summed E-state index contributed by atoms with van der Waals surface area (Å²) >= 11 is 1.48. The molecule has 0 N–H and O–H groups in total. The van der Waals surface area contributed by atoms with Crippen molar-refractivity contribution in [3.8, 4) is 44.2 Å². The number of benzene rings is 6. The van der Waals surface area contributed by atoms with Crippen LogP contribution in [0.2, 0.25) is 0 Å². The zero-order chi connectivity index (χ0) is 31.8. The molecular weight excluding hydrogens is 615 g/mol. The van der Waals surface area contributed by atoms with Crippen LogP contribution >= 0.6 is 11.3 Å². The first-order valence-electron chi connectivity index (χ1n) is 15.6. The van der Waals surface area contributed by atoms with Crippen LogP contribution in [0.25, 0.3) is 93.1 Å². The highest BCUT2D eigenvalue weighted by Crippen LogP contribution is 2.45. The molecule has 226 valence electrons. The van der Waals surface area contributed by atoms with Crippen LogP contribution in [0.3, 0.4) is 0 Å². The SMILES string of the molecule is O=c1nc(-c2ccccc2)nc2sc(-c3cccc4oc5ccc(-c6cccc7oc8ccccc8c67)cc5c34)c(-c3ccccc3)n12. The Morgan fingerprint density at radius 2 is 1.15 bits per heavy atom. The first-order chi connectivity index (χ1) is 23.7. The lowest BCUT2D eigenvalue weighted by molar-refractivity contribution is 0.669. The predicted octanol–water partition coefficient (Wildman–Crippen LogP) is 10.6. The fourth-order valence-electron chi connectivity index (χ4n) is 6.84. The maximum Gasteiger partial charge on any atom is 0.356 e. The molecule has 0 saturated heterocycles. The molecule has 0 unspecified atom stereocenters. The quantitative estimate of drug-likeness (QED) is 0.192. The summed E-state index contributed by atoms with van der Waals surface area (Å²) in [5.41, 5.74) is 8.48. The molecule has 0 amide bonds. The highest BCUT2D eigenvalue weighted by Gasteiger charge is 2.23. The molecule has 0 aliphatic rings. The van der Waals surface area contributed by atoms with Gasteiger partial charge in [-0.25, -0.2) is 9.20 Å². The minimum absolute atomic E-state index is 0.368. The van der Waals surface area contributed by atoms with Crippen molar-refractivity contribution in [3.63, 3.8) is 0 Å². The monoisotopic (exact) mass is 637 g/mol. The van der Waals surface area contributed by atoms with E-state index in [0.29, 0.717) is 10.8 Å². The predicted molar refractivity (Wildman–Crippen MR) is 193 cm³/mol. The molecule has 0 saturated carbocycles. The van der Waals surface area contributed by atoms with Crippen LogP contribution < -0.4 is 5.69 Å². The molecule has 0 aliphatic heterocycles. The Labute approximate surface area is 276 Å². The van der Waals surface area contributed by atoms with E-state index in [-0.39, 0.29) is 5.69 Å². The van der Waals surface area contributed by atoms with E-state index >= 15 is 0 Å². The highest BCUT2D eigenvalue weighted by atomic mass is 32.1. The van der Waals surface area contributed by atoms with E-state index < -0.39 is 0 Å². The summed E-state index contributed by atoms with van der Waals surface area (Å²) in [5.74, 6) is 0.408. The second-order valence-electron chi connectivity index (χ2n) is 11.7. The molecule has 0 radical (unpaired) electrons. The van der Waals surface area contributed by atoms with E-state index in [4.69, 9.17) is 13.8 Å². The van der Waals surface area contributed by atoms with E-state index in [1.165, 1.54) is 11.3 Å². The third kappa shape index (κ3) is 4.01. The molecule has 10 aromatic rings. The Balaban J connectivity index is 1.25. The summed E-state index contributed by atoms with van der Waals surface area (Å²) in [5, 5.41) is 4.14. The van der Waals surface area contributed by atoms with Crippen LogP contribution in [0, 0.1) is 0 Å². The molecule has 7 heteroatoms. The van der Waals surface area contributed by atoms with Gasteiger partial charge in [0.1, 0.15) is 22.3 Å². The van der Waals surface area contributed by atoms with Crippen LogP contribution in [0.5, 0.6) is 0 Å². The summed E-state index contributed by atoms with van der Waals surface area (Å²) in [6.07, 6.45) is 0. The number of rotatable bonds is 4. The van der Waals surface area contributed by atoms with E-state index in [9.17, 15) is 4.79 Å². The standard InChI is InChI=1S/C41H23N3O3S/c45-40-42-39(25-13-5-2-6-14-25)43-41-44(40)37(24-11-3-1-4-12-24)38(48-41)29-17-10-20-34-36(29)30-23-26(21-22-32(30)47-34)27-16-9-19-33-35(27)28-15-7-8-18-31(28)46-33/h1-23H. The van der Waals surface area contributed by atoms with Crippen molar-refractivity contribution >= 4 is 60.2 Å². The van der Waals surface area contributed by atoms with Crippen LogP contribution in [-0.4, -0.2) is 14.4 Å². The Morgan fingerprint density at radius 1 is 0.521 bits per heavy atom. The van der Waals surface area contributed by atoms with Crippen molar-refractivity contribution in [3.05, 3.63) is 150 Å². The van der Waals surface area contributed by atoms with Crippen molar-refractivity contribution in [2.45, 2.75) is 0 Å². The maximum atomic E-state index is 13.8. The van der Waals surface area contributed by atoms with Gasteiger partial charge in [0.2, 0.25) is 4.96 Å². The van der Waals surface area contributed by atoms with Crippen molar-refractivity contribution in [1.82, 2.24) is 14.4 Å². The summed E-state index contributed by atoms with van der Waals surface area (Å²) in [7, 11) is 0.